The number of methoxy groups -OCH3 is 2. The van der Waals surface area contributed by atoms with Gasteiger partial charge in [-0.05, 0) is 62.9 Å². The second-order valence-corrected chi connectivity index (χ2v) is 8.09. The molecule has 0 saturated carbocycles. The molecule has 2 aromatic heterocycles. The van der Waals surface area contributed by atoms with Gasteiger partial charge in [0.1, 0.15) is 11.6 Å². The van der Waals surface area contributed by atoms with Crippen LogP contribution < -0.4 is 20.1 Å². The van der Waals surface area contributed by atoms with Crippen molar-refractivity contribution >= 4 is 28.5 Å². The fourth-order valence-electron chi connectivity index (χ4n) is 3.33. The fourth-order valence-corrected chi connectivity index (χ4v) is 4.04. The summed E-state index contributed by atoms with van der Waals surface area (Å²) < 4.78 is 19.7. The zero-order chi connectivity index (χ0) is 22.8. The van der Waals surface area contributed by atoms with Crippen LogP contribution in [0.2, 0.25) is 0 Å². The van der Waals surface area contributed by atoms with Gasteiger partial charge in [0.15, 0.2) is 5.56 Å². The normalized spacial score (nSPS) is 13.6. The number of carbonyl (C=O) groups excluding carboxylic acids is 2. The molecule has 0 radical (unpaired) electrons. The molecule has 11 heteroatoms. The first-order valence-electron chi connectivity index (χ1n) is 10.6. The summed E-state index contributed by atoms with van der Waals surface area (Å²) in [5, 5.41) is 5.77. The minimum atomic E-state index is -0.637. The van der Waals surface area contributed by atoms with Crippen molar-refractivity contribution in [3.8, 4) is 11.8 Å². The van der Waals surface area contributed by atoms with E-state index >= 15 is 0 Å². The highest BCUT2D eigenvalue weighted by atomic mass is 32.1. The number of nitrogens with one attached hydrogen (secondary N) is 2. The molecule has 174 valence electrons. The summed E-state index contributed by atoms with van der Waals surface area (Å²) in [6, 6.07) is 3.11. The molecule has 3 rings (SSSR count). The maximum absolute atomic E-state index is 12.3. The average Bonchev–Trinajstić information content (AvgIpc) is 3.47. The summed E-state index contributed by atoms with van der Waals surface area (Å²) in [6.07, 6.45) is 6.09. The number of hydrogen-bond acceptors (Lipinski definition) is 9. The molecule has 1 aliphatic rings. The van der Waals surface area contributed by atoms with E-state index in [2.05, 4.69) is 24.9 Å². The van der Waals surface area contributed by atoms with Crippen LogP contribution in [0.25, 0.3) is 0 Å². The Kier molecular flexibility index (Phi) is 9.05. The minimum Gasteiger partial charge on any atom is -0.481 e. The van der Waals surface area contributed by atoms with Gasteiger partial charge in [0.05, 0.1) is 14.2 Å². The largest absolute Gasteiger partial charge is 0.481 e. The molecule has 0 unspecified atom stereocenters. The Balaban J connectivity index is 1.50. The van der Waals surface area contributed by atoms with Gasteiger partial charge in [-0.1, -0.05) is 0 Å². The molecule has 0 aromatic carbocycles. The van der Waals surface area contributed by atoms with Crippen LogP contribution >= 0.6 is 11.5 Å². The summed E-state index contributed by atoms with van der Waals surface area (Å²) in [5.74, 6) is -0.0488. The summed E-state index contributed by atoms with van der Waals surface area (Å²) >= 11 is 0.960. The number of ether oxygens (including phenoxy) is 3. The number of nitrogens with zero attached hydrogens (tertiary/aromatic N) is 3. The van der Waals surface area contributed by atoms with Crippen LogP contribution in [0.15, 0.2) is 18.3 Å². The first-order valence-corrected chi connectivity index (χ1v) is 11.3. The Morgan fingerprint density at radius 3 is 2.69 bits per heavy atom. The zero-order valence-corrected chi connectivity index (χ0v) is 19.2. The van der Waals surface area contributed by atoms with Crippen LogP contribution in [0.4, 0.5) is 9.80 Å². The van der Waals surface area contributed by atoms with Gasteiger partial charge in [-0.2, -0.15) is 4.37 Å². The lowest BCUT2D eigenvalue weighted by molar-refractivity contribution is 0.0596. The SMILES string of the molecule is COC(=O)c1c(OCc2ccc(OC)nc2)nsc1NC(=O)NCCCCN1CCCC1. The third-order valence-electron chi connectivity index (χ3n) is 5.05. The molecule has 2 amide bonds. The lowest BCUT2D eigenvalue weighted by Crippen LogP contribution is -2.30. The number of carbonyl (C=O) groups is 2. The van der Waals surface area contributed by atoms with Crippen LogP contribution in [-0.4, -0.2) is 66.7 Å². The van der Waals surface area contributed by atoms with Crippen LogP contribution in [0.5, 0.6) is 11.8 Å². The van der Waals surface area contributed by atoms with Gasteiger partial charge in [0.25, 0.3) is 0 Å². The Labute approximate surface area is 191 Å². The summed E-state index contributed by atoms with van der Waals surface area (Å²) in [5.41, 5.74) is 0.860. The Hall–Kier alpha value is -2.92. The van der Waals surface area contributed by atoms with Gasteiger partial charge in [0.2, 0.25) is 11.8 Å². The molecule has 1 fully saturated rings. The molecule has 0 spiro atoms. The highest BCUT2D eigenvalue weighted by Crippen LogP contribution is 2.31. The van der Waals surface area contributed by atoms with E-state index in [0.29, 0.717) is 12.4 Å². The number of aromatic nitrogens is 2. The molecule has 0 atom stereocenters. The van der Waals surface area contributed by atoms with Crippen LogP contribution in [0.3, 0.4) is 0 Å². The summed E-state index contributed by atoms with van der Waals surface area (Å²) in [7, 11) is 2.80. The number of anilines is 1. The van der Waals surface area contributed by atoms with Gasteiger partial charge in [-0.15, -0.1) is 0 Å². The predicted molar refractivity (Wildman–Crippen MR) is 121 cm³/mol. The summed E-state index contributed by atoms with van der Waals surface area (Å²) in [4.78, 5) is 31.1. The number of rotatable bonds is 11. The van der Waals surface area contributed by atoms with Gasteiger partial charge in [-0.3, -0.25) is 5.32 Å². The van der Waals surface area contributed by atoms with E-state index in [1.165, 1.54) is 40.2 Å². The number of unbranched alkanes of at least 4 members (excludes halogenated alkanes) is 1. The standard InChI is InChI=1S/C21H29N5O5S/c1-29-16-8-7-15(13-23-16)14-31-18-17(20(27)30-2)19(32-25-18)24-21(28)22-9-3-4-10-26-11-5-6-12-26/h7-8,13H,3-6,9-12,14H2,1-2H3,(H2,22,24,28). The molecule has 1 saturated heterocycles. The Morgan fingerprint density at radius 2 is 2.00 bits per heavy atom. The fraction of sp³-hybridized carbons (Fsp3) is 0.524. The monoisotopic (exact) mass is 463 g/mol. The number of hydrogen-bond donors (Lipinski definition) is 2. The van der Waals surface area contributed by atoms with Crippen molar-refractivity contribution in [2.75, 3.05) is 45.7 Å². The van der Waals surface area contributed by atoms with E-state index in [9.17, 15) is 9.59 Å². The molecule has 0 aliphatic carbocycles. The molecular formula is C21H29N5O5S. The van der Waals surface area contributed by atoms with E-state index < -0.39 is 12.0 Å². The van der Waals surface area contributed by atoms with Gasteiger partial charge in [-0.25, -0.2) is 14.6 Å². The molecule has 32 heavy (non-hydrogen) atoms. The highest BCUT2D eigenvalue weighted by Gasteiger charge is 2.24. The van der Waals surface area contributed by atoms with E-state index in [1.807, 2.05) is 0 Å². The molecule has 10 nitrogen and oxygen atoms in total. The van der Waals surface area contributed by atoms with Crippen molar-refractivity contribution in [3.63, 3.8) is 0 Å². The van der Waals surface area contributed by atoms with E-state index in [0.717, 1.165) is 36.5 Å². The third-order valence-corrected chi connectivity index (χ3v) is 5.79. The Morgan fingerprint density at radius 1 is 1.19 bits per heavy atom. The molecule has 1 aliphatic heterocycles. The molecule has 0 bridgehead atoms. The molecule has 3 heterocycles. The second-order valence-electron chi connectivity index (χ2n) is 7.32. The summed E-state index contributed by atoms with van der Waals surface area (Å²) in [6.45, 7) is 4.12. The van der Waals surface area contributed by atoms with Crippen molar-refractivity contribution in [2.24, 2.45) is 0 Å². The number of pyridine rings is 1. The van der Waals surface area contributed by atoms with Crippen LogP contribution in [-0.2, 0) is 11.3 Å². The van der Waals surface area contributed by atoms with Gasteiger partial charge >= 0.3 is 12.0 Å². The highest BCUT2D eigenvalue weighted by molar-refractivity contribution is 7.11. The molecular weight excluding hydrogens is 434 g/mol. The number of urea groups is 1. The number of amides is 2. The smallest absolute Gasteiger partial charge is 0.346 e. The lowest BCUT2D eigenvalue weighted by atomic mass is 10.3. The van der Waals surface area contributed by atoms with E-state index in [-0.39, 0.29) is 23.1 Å². The van der Waals surface area contributed by atoms with Crippen molar-refractivity contribution < 1.29 is 23.8 Å². The zero-order valence-electron chi connectivity index (χ0n) is 18.4. The maximum Gasteiger partial charge on any atom is 0.346 e. The predicted octanol–water partition coefficient (Wildman–Crippen LogP) is 2.91. The van der Waals surface area contributed by atoms with Crippen LogP contribution in [0.1, 0.15) is 41.6 Å². The number of esters is 1. The first-order chi connectivity index (χ1) is 15.6. The molecule has 2 aromatic rings. The van der Waals surface area contributed by atoms with E-state index in [1.54, 1.807) is 18.3 Å². The van der Waals surface area contributed by atoms with Gasteiger partial charge in [0, 0.05) is 24.4 Å². The quantitative estimate of drug-likeness (QED) is 0.386. The first kappa shape index (κ1) is 23.7. The second kappa shape index (κ2) is 12.2. The lowest BCUT2D eigenvalue weighted by Gasteiger charge is -2.14. The van der Waals surface area contributed by atoms with Crippen molar-refractivity contribution in [2.45, 2.75) is 32.3 Å². The Bertz CT molecular complexity index is 883. The van der Waals surface area contributed by atoms with E-state index in [4.69, 9.17) is 14.2 Å². The number of likely N-dealkylation sites (tertiary alicyclic amines) is 1. The van der Waals surface area contributed by atoms with Crippen molar-refractivity contribution in [1.29, 1.82) is 0 Å². The van der Waals surface area contributed by atoms with Gasteiger partial charge < -0.3 is 24.4 Å². The van der Waals surface area contributed by atoms with Crippen molar-refractivity contribution in [1.82, 2.24) is 19.6 Å². The molecule has 2 N–H and O–H groups in total. The van der Waals surface area contributed by atoms with Crippen LogP contribution in [0, 0.1) is 0 Å². The maximum atomic E-state index is 12.3. The third kappa shape index (κ3) is 6.79. The average molecular weight is 464 g/mol. The van der Waals surface area contributed by atoms with Crippen molar-refractivity contribution in [3.05, 3.63) is 29.5 Å². The topological polar surface area (TPSA) is 115 Å². The minimum absolute atomic E-state index is 0.0863.